The van der Waals surface area contributed by atoms with E-state index in [0.29, 0.717) is 16.9 Å². The number of fused-ring (bicyclic) bond motifs is 1. The van der Waals surface area contributed by atoms with Crippen LogP contribution in [0.2, 0.25) is 18.1 Å². The Morgan fingerprint density at radius 3 is 2.18 bits per heavy atom. The number of benzene rings is 1. The second-order valence-corrected chi connectivity index (χ2v) is 20.3. The molecule has 4 rings (SSSR count). The van der Waals surface area contributed by atoms with Crippen LogP contribution in [-0.2, 0) is 30.0 Å². The fourth-order valence-electron chi connectivity index (χ4n) is 4.79. The van der Waals surface area contributed by atoms with Crippen molar-refractivity contribution in [1.29, 1.82) is 0 Å². The molecule has 0 bridgehead atoms. The van der Waals surface area contributed by atoms with E-state index in [2.05, 4.69) is 48.8 Å². The number of nitrogens with zero attached hydrogens (tertiary/aromatic N) is 6. The highest BCUT2D eigenvalue weighted by Gasteiger charge is 2.43. The molecular formula is C33H48N6O9Si. The van der Waals surface area contributed by atoms with Gasteiger partial charge in [-0.3, -0.25) is 14.7 Å². The lowest BCUT2D eigenvalue weighted by Crippen LogP contribution is -2.44. The molecule has 1 aromatic carbocycles. The van der Waals surface area contributed by atoms with E-state index in [9.17, 15) is 19.7 Å². The summed E-state index contributed by atoms with van der Waals surface area (Å²) in [4.78, 5) is 51.8. The van der Waals surface area contributed by atoms with Crippen LogP contribution < -0.4 is 4.90 Å². The van der Waals surface area contributed by atoms with Gasteiger partial charge < -0.3 is 23.4 Å². The van der Waals surface area contributed by atoms with Crippen LogP contribution in [0.4, 0.5) is 21.1 Å². The number of nitro benzene ring substituents is 1. The molecule has 2 amide bonds. The Hall–Kier alpha value is -3.99. The number of carbonyl (C=O) groups excluding carboxylic acids is 2. The van der Waals surface area contributed by atoms with Crippen LogP contribution >= 0.6 is 0 Å². The maximum atomic E-state index is 13.4. The molecule has 49 heavy (non-hydrogen) atoms. The van der Waals surface area contributed by atoms with Crippen molar-refractivity contribution >= 4 is 43.2 Å². The zero-order valence-corrected chi connectivity index (χ0v) is 31.2. The SMILES string of the molecule is CC(C)(C)OC(=O)N(C(=O)OC(C)(C)C)c1ncnc2c1ncn2[C@H]1C[C@H](OCc2ccccc2[N+](=O)[O-])[C@@H](CO[Si](C)(C)C(C)(C)C)O1. The maximum Gasteiger partial charge on any atom is 0.425 e. The lowest BCUT2D eigenvalue weighted by Gasteiger charge is -2.37. The highest BCUT2D eigenvalue weighted by molar-refractivity contribution is 6.74. The first-order valence-corrected chi connectivity index (χ1v) is 19.1. The van der Waals surface area contributed by atoms with Gasteiger partial charge in [0.25, 0.3) is 5.69 Å². The Morgan fingerprint density at radius 1 is 1.00 bits per heavy atom. The largest absolute Gasteiger partial charge is 0.443 e. The molecule has 1 fully saturated rings. The van der Waals surface area contributed by atoms with Crippen molar-refractivity contribution in [2.24, 2.45) is 0 Å². The van der Waals surface area contributed by atoms with Crippen molar-refractivity contribution in [2.45, 2.75) is 123 Å². The second-order valence-electron chi connectivity index (χ2n) is 15.5. The highest BCUT2D eigenvalue weighted by Crippen LogP contribution is 2.39. The van der Waals surface area contributed by atoms with E-state index in [1.165, 1.54) is 18.7 Å². The summed E-state index contributed by atoms with van der Waals surface area (Å²) in [7, 11) is -2.18. The van der Waals surface area contributed by atoms with Crippen molar-refractivity contribution < 1.29 is 37.9 Å². The summed E-state index contributed by atoms with van der Waals surface area (Å²) in [5, 5.41) is 11.6. The fourth-order valence-corrected chi connectivity index (χ4v) is 5.80. The van der Waals surface area contributed by atoms with Crippen LogP contribution in [0.5, 0.6) is 0 Å². The molecule has 0 saturated carbocycles. The first kappa shape index (κ1) is 37.8. The Balaban J connectivity index is 1.68. The first-order chi connectivity index (χ1) is 22.6. The number of nitro groups is 1. The van der Waals surface area contributed by atoms with Gasteiger partial charge in [-0.1, -0.05) is 32.9 Å². The van der Waals surface area contributed by atoms with Crippen LogP contribution in [-0.4, -0.2) is 75.0 Å². The smallest absolute Gasteiger partial charge is 0.425 e. The number of ether oxygens (including phenoxy) is 4. The predicted octanol–water partition coefficient (Wildman–Crippen LogP) is 7.31. The van der Waals surface area contributed by atoms with Gasteiger partial charge in [-0.15, -0.1) is 0 Å². The van der Waals surface area contributed by atoms with Crippen molar-refractivity contribution in [2.75, 3.05) is 11.5 Å². The third-order valence-electron chi connectivity index (χ3n) is 8.25. The summed E-state index contributed by atoms with van der Waals surface area (Å²) in [6.07, 6.45) is -0.612. The Labute approximate surface area is 287 Å². The average molecular weight is 701 g/mol. The number of rotatable bonds is 9. The Morgan fingerprint density at radius 2 is 1.61 bits per heavy atom. The molecule has 0 unspecified atom stereocenters. The van der Waals surface area contributed by atoms with Gasteiger partial charge in [-0.25, -0.2) is 24.5 Å². The summed E-state index contributed by atoms with van der Waals surface area (Å²) in [6, 6.07) is 6.44. The topological polar surface area (TPSA) is 170 Å². The number of hydrogen-bond donors (Lipinski definition) is 0. The minimum Gasteiger partial charge on any atom is -0.443 e. The molecule has 3 heterocycles. The first-order valence-electron chi connectivity index (χ1n) is 16.1. The van der Waals surface area contributed by atoms with Gasteiger partial charge in [0, 0.05) is 12.5 Å². The van der Waals surface area contributed by atoms with Gasteiger partial charge in [0.05, 0.1) is 36.1 Å². The number of anilines is 1. The molecule has 3 atom stereocenters. The normalized spacial score (nSPS) is 18.8. The number of aromatic nitrogens is 4. The summed E-state index contributed by atoms with van der Waals surface area (Å²) in [6.45, 7) is 21.0. The third kappa shape index (κ3) is 9.17. The lowest BCUT2D eigenvalue weighted by atomic mass is 10.1. The summed E-state index contributed by atoms with van der Waals surface area (Å²) in [5.74, 6) is -0.118. The zero-order chi connectivity index (χ0) is 36.5. The van der Waals surface area contributed by atoms with Crippen LogP contribution in [0.3, 0.4) is 0 Å². The number of carbonyl (C=O) groups is 2. The monoisotopic (exact) mass is 700 g/mol. The number of imidazole rings is 1. The standard InChI is InChI=1S/C33H48N6O9Si/c1-31(2,3)47-29(40)38(30(41)48-32(4,5)6)28-26-27(34-19-35-28)37(20-36-26)25-16-23(24(46-25)18-45-49(10,11)33(7,8)9)44-17-21-14-12-13-15-22(21)39(42)43/h12-15,19-20,23-25H,16-18H2,1-11H3/t23-,24+,25+/m0/s1. The van der Waals surface area contributed by atoms with Crippen molar-refractivity contribution in [1.82, 2.24) is 19.5 Å². The summed E-state index contributed by atoms with van der Waals surface area (Å²) in [5.41, 5.74) is -1.00. The number of hydrogen-bond acceptors (Lipinski definition) is 12. The molecular weight excluding hydrogens is 652 g/mol. The van der Waals surface area contributed by atoms with Crippen LogP contribution in [0.25, 0.3) is 11.2 Å². The van der Waals surface area contributed by atoms with Gasteiger partial charge in [0.2, 0.25) is 0 Å². The fraction of sp³-hybridized carbons (Fsp3) is 0.606. The molecule has 1 saturated heterocycles. The molecule has 2 aromatic heterocycles. The molecule has 3 aromatic rings. The number of para-hydroxylation sites is 1. The average Bonchev–Trinajstić information content (AvgIpc) is 3.57. The summed E-state index contributed by atoms with van der Waals surface area (Å²) < 4.78 is 32.1. The van der Waals surface area contributed by atoms with E-state index in [-0.39, 0.29) is 40.9 Å². The van der Waals surface area contributed by atoms with E-state index in [4.69, 9.17) is 23.4 Å². The quantitative estimate of drug-likeness (QED) is 0.124. The van der Waals surface area contributed by atoms with Crippen molar-refractivity contribution in [3.63, 3.8) is 0 Å². The maximum absolute atomic E-state index is 13.4. The molecule has 1 aliphatic rings. The molecule has 15 nitrogen and oxygen atoms in total. The Bertz CT molecular complexity index is 1650. The molecule has 16 heteroatoms. The predicted molar refractivity (Wildman–Crippen MR) is 184 cm³/mol. The molecule has 268 valence electrons. The van der Waals surface area contributed by atoms with Crippen LogP contribution in [0.1, 0.15) is 80.5 Å². The van der Waals surface area contributed by atoms with E-state index < -0.39 is 55.1 Å². The molecule has 0 radical (unpaired) electrons. The molecule has 0 spiro atoms. The van der Waals surface area contributed by atoms with E-state index in [1.54, 1.807) is 64.3 Å². The van der Waals surface area contributed by atoms with E-state index in [1.807, 2.05) is 0 Å². The minimum absolute atomic E-state index is 0.00771. The third-order valence-corrected chi connectivity index (χ3v) is 12.8. The van der Waals surface area contributed by atoms with Crippen molar-refractivity contribution in [3.05, 3.63) is 52.6 Å². The molecule has 0 aliphatic carbocycles. The van der Waals surface area contributed by atoms with Gasteiger partial charge in [0.1, 0.15) is 29.9 Å². The van der Waals surface area contributed by atoms with Gasteiger partial charge >= 0.3 is 12.2 Å². The second kappa shape index (κ2) is 14.1. The Kier molecular flexibility index (Phi) is 10.9. The molecule has 0 N–H and O–H groups in total. The highest BCUT2D eigenvalue weighted by atomic mass is 28.4. The van der Waals surface area contributed by atoms with E-state index >= 15 is 0 Å². The van der Waals surface area contributed by atoms with Gasteiger partial charge in [-0.2, -0.15) is 4.90 Å². The van der Waals surface area contributed by atoms with E-state index in [0.717, 1.165) is 0 Å². The lowest BCUT2D eigenvalue weighted by molar-refractivity contribution is -0.386. The van der Waals surface area contributed by atoms with Gasteiger partial charge in [-0.05, 0) is 65.7 Å². The number of amides is 2. The number of imide groups is 1. The van der Waals surface area contributed by atoms with Crippen LogP contribution in [0.15, 0.2) is 36.9 Å². The summed E-state index contributed by atoms with van der Waals surface area (Å²) >= 11 is 0. The molecule has 1 aliphatic heterocycles. The zero-order valence-electron chi connectivity index (χ0n) is 30.2. The minimum atomic E-state index is -2.18. The van der Waals surface area contributed by atoms with Crippen molar-refractivity contribution in [3.8, 4) is 0 Å². The van der Waals surface area contributed by atoms with Gasteiger partial charge in [0.15, 0.2) is 25.3 Å². The van der Waals surface area contributed by atoms with Crippen LogP contribution in [0, 0.1) is 10.1 Å².